The van der Waals surface area contributed by atoms with Crippen molar-refractivity contribution in [3.63, 3.8) is 0 Å². The predicted molar refractivity (Wildman–Crippen MR) is 88.5 cm³/mol. The third-order valence-electron chi connectivity index (χ3n) is 3.67. The van der Waals surface area contributed by atoms with Gasteiger partial charge in [0.15, 0.2) is 5.78 Å². The summed E-state index contributed by atoms with van der Waals surface area (Å²) in [6.07, 6.45) is 4.51. The minimum atomic E-state index is -0.131. The van der Waals surface area contributed by atoms with Gasteiger partial charge in [0.1, 0.15) is 0 Å². The molecule has 1 heterocycles. The van der Waals surface area contributed by atoms with E-state index in [1.54, 1.807) is 12.4 Å². The normalized spacial score (nSPS) is 12.4. The largest absolute Gasteiger partial charge is 0.296 e. The molecule has 4 heteroatoms. The van der Waals surface area contributed by atoms with Crippen molar-refractivity contribution in [2.75, 3.05) is 13.6 Å². The summed E-state index contributed by atoms with van der Waals surface area (Å²) in [5.74, 6) is 0.153. The predicted octanol–water partition coefficient (Wildman–Crippen LogP) is 3.59. The number of halogens is 1. The fourth-order valence-electron chi connectivity index (χ4n) is 2.10. The fourth-order valence-corrected chi connectivity index (χ4v) is 2.37. The standard InChI is InChI=1S/C17H19BrN2O/c1-13(17(21)15-3-5-16(18)6-4-15)20(2)12-9-14-7-10-19-11-8-14/h3-8,10-11,13H,9,12H2,1-2H3. The maximum absolute atomic E-state index is 12.4. The van der Waals surface area contributed by atoms with Gasteiger partial charge in [0.05, 0.1) is 6.04 Å². The molecule has 1 unspecified atom stereocenters. The van der Waals surface area contributed by atoms with Gasteiger partial charge >= 0.3 is 0 Å². The van der Waals surface area contributed by atoms with Crippen LogP contribution in [0, 0.1) is 0 Å². The van der Waals surface area contributed by atoms with Gasteiger partial charge < -0.3 is 0 Å². The molecule has 1 aromatic heterocycles. The van der Waals surface area contributed by atoms with Gasteiger partial charge in [-0.2, -0.15) is 0 Å². The van der Waals surface area contributed by atoms with E-state index in [1.165, 1.54) is 5.56 Å². The molecular formula is C17H19BrN2O. The van der Waals surface area contributed by atoms with Gasteiger partial charge in [-0.3, -0.25) is 14.7 Å². The van der Waals surface area contributed by atoms with Gasteiger partial charge in [0.2, 0.25) is 0 Å². The molecule has 0 amide bonds. The first kappa shape index (κ1) is 15.9. The Morgan fingerprint density at radius 2 is 1.81 bits per heavy atom. The highest BCUT2D eigenvalue weighted by Crippen LogP contribution is 2.14. The molecule has 21 heavy (non-hydrogen) atoms. The molecule has 0 radical (unpaired) electrons. The molecule has 2 aromatic rings. The SMILES string of the molecule is CC(C(=O)c1ccc(Br)cc1)N(C)CCc1ccncc1. The lowest BCUT2D eigenvalue weighted by atomic mass is 10.0. The van der Waals surface area contributed by atoms with Crippen molar-refractivity contribution in [3.05, 3.63) is 64.4 Å². The van der Waals surface area contributed by atoms with Crippen molar-refractivity contribution >= 4 is 21.7 Å². The molecule has 0 fully saturated rings. The number of benzene rings is 1. The molecule has 0 aliphatic heterocycles. The molecule has 1 aromatic carbocycles. The summed E-state index contributed by atoms with van der Waals surface area (Å²) < 4.78 is 0.984. The summed E-state index contributed by atoms with van der Waals surface area (Å²) in [5.41, 5.74) is 1.99. The summed E-state index contributed by atoms with van der Waals surface area (Å²) in [4.78, 5) is 18.5. The molecule has 0 aliphatic carbocycles. The zero-order valence-electron chi connectivity index (χ0n) is 12.3. The maximum Gasteiger partial charge on any atom is 0.179 e. The molecule has 0 N–H and O–H groups in total. The molecule has 110 valence electrons. The van der Waals surface area contributed by atoms with E-state index in [4.69, 9.17) is 0 Å². The van der Waals surface area contributed by atoms with Crippen molar-refractivity contribution in [2.24, 2.45) is 0 Å². The highest BCUT2D eigenvalue weighted by Gasteiger charge is 2.19. The zero-order valence-corrected chi connectivity index (χ0v) is 13.9. The average Bonchev–Trinajstić information content (AvgIpc) is 2.53. The molecule has 1 atom stereocenters. The van der Waals surface area contributed by atoms with Crippen molar-refractivity contribution in [1.82, 2.24) is 9.88 Å². The Labute approximate surface area is 134 Å². The van der Waals surface area contributed by atoms with Crippen LogP contribution in [0.1, 0.15) is 22.8 Å². The number of Topliss-reactive ketones (excluding diaryl/α,β-unsaturated/α-hetero) is 1. The van der Waals surface area contributed by atoms with E-state index in [-0.39, 0.29) is 11.8 Å². The molecule has 0 spiro atoms. The van der Waals surface area contributed by atoms with E-state index in [2.05, 4.69) is 25.8 Å². The van der Waals surface area contributed by atoms with E-state index in [1.807, 2.05) is 50.4 Å². The number of rotatable bonds is 6. The summed E-state index contributed by atoms with van der Waals surface area (Å²) in [6.45, 7) is 2.80. The van der Waals surface area contributed by atoms with Crippen LogP contribution in [0.15, 0.2) is 53.3 Å². The Morgan fingerprint density at radius 3 is 2.43 bits per heavy atom. The minimum absolute atomic E-state index is 0.131. The molecule has 2 rings (SSSR count). The second kappa shape index (κ2) is 7.48. The third kappa shape index (κ3) is 4.48. The van der Waals surface area contributed by atoms with Crippen LogP contribution in [0.4, 0.5) is 0 Å². The maximum atomic E-state index is 12.4. The summed E-state index contributed by atoms with van der Waals surface area (Å²) in [6, 6.07) is 11.4. The van der Waals surface area contributed by atoms with Crippen LogP contribution in [0.5, 0.6) is 0 Å². The number of aromatic nitrogens is 1. The number of hydrogen-bond acceptors (Lipinski definition) is 3. The van der Waals surface area contributed by atoms with Crippen LogP contribution < -0.4 is 0 Å². The van der Waals surface area contributed by atoms with Crippen LogP contribution in [0.2, 0.25) is 0 Å². The van der Waals surface area contributed by atoms with E-state index in [0.29, 0.717) is 0 Å². The van der Waals surface area contributed by atoms with Gasteiger partial charge in [-0.25, -0.2) is 0 Å². The lowest BCUT2D eigenvalue weighted by Crippen LogP contribution is -2.37. The summed E-state index contributed by atoms with van der Waals surface area (Å²) in [5, 5.41) is 0. The van der Waals surface area contributed by atoms with Gasteiger partial charge in [0.25, 0.3) is 0 Å². The second-order valence-electron chi connectivity index (χ2n) is 5.13. The number of pyridine rings is 1. The Balaban J connectivity index is 1.93. The lowest BCUT2D eigenvalue weighted by molar-refractivity contribution is 0.0870. The Kier molecular flexibility index (Phi) is 5.65. The average molecular weight is 347 g/mol. The van der Waals surface area contributed by atoms with Crippen LogP contribution in [-0.4, -0.2) is 35.3 Å². The fraction of sp³-hybridized carbons (Fsp3) is 0.294. The number of carbonyl (C=O) groups excluding carboxylic acids is 1. The molecule has 3 nitrogen and oxygen atoms in total. The van der Waals surface area contributed by atoms with Crippen molar-refractivity contribution < 1.29 is 4.79 Å². The molecule has 0 aliphatic rings. The van der Waals surface area contributed by atoms with E-state index >= 15 is 0 Å². The number of likely N-dealkylation sites (N-methyl/N-ethyl adjacent to an activating group) is 1. The Bertz CT molecular complexity index is 583. The van der Waals surface area contributed by atoms with Crippen LogP contribution in [0.25, 0.3) is 0 Å². The number of ketones is 1. The molecule has 0 saturated heterocycles. The zero-order chi connectivity index (χ0) is 15.2. The van der Waals surface area contributed by atoms with Crippen LogP contribution in [0.3, 0.4) is 0 Å². The minimum Gasteiger partial charge on any atom is -0.296 e. The van der Waals surface area contributed by atoms with Crippen molar-refractivity contribution in [2.45, 2.75) is 19.4 Å². The first-order valence-corrected chi connectivity index (χ1v) is 7.76. The monoisotopic (exact) mass is 346 g/mol. The first-order chi connectivity index (χ1) is 10.1. The number of nitrogens with zero attached hydrogens (tertiary/aromatic N) is 2. The van der Waals surface area contributed by atoms with Gasteiger partial charge in [-0.05, 0) is 50.2 Å². The quantitative estimate of drug-likeness (QED) is 0.749. The Morgan fingerprint density at radius 1 is 1.19 bits per heavy atom. The molecule has 0 bridgehead atoms. The molecule has 0 saturated carbocycles. The highest BCUT2D eigenvalue weighted by molar-refractivity contribution is 9.10. The van der Waals surface area contributed by atoms with Gasteiger partial charge in [-0.15, -0.1) is 0 Å². The Hall–Kier alpha value is -1.52. The van der Waals surface area contributed by atoms with E-state index < -0.39 is 0 Å². The van der Waals surface area contributed by atoms with E-state index in [9.17, 15) is 4.79 Å². The summed E-state index contributed by atoms with van der Waals surface area (Å²) >= 11 is 3.38. The third-order valence-corrected chi connectivity index (χ3v) is 4.20. The summed E-state index contributed by atoms with van der Waals surface area (Å²) in [7, 11) is 1.99. The van der Waals surface area contributed by atoms with Gasteiger partial charge in [-0.1, -0.05) is 28.1 Å². The second-order valence-corrected chi connectivity index (χ2v) is 6.05. The number of carbonyl (C=O) groups is 1. The molecular weight excluding hydrogens is 328 g/mol. The first-order valence-electron chi connectivity index (χ1n) is 6.97. The van der Waals surface area contributed by atoms with Crippen LogP contribution >= 0.6 is 15.9 Å². The van der Waals surface area contributed by atoms with Crippen molar-refractivity contribution in [3.8, 4) is 0 Å². The van der Waals surface area contributed by atoms with E-state index in [0.717, 1.165) is 23.0 Å². The van der Waals surface area contributed by atoms with Gasteiger partial charge in [0, 0.05) is 29.0 Å². The smallest absolute Gasteiger partial charge is 0.179 e. The lowest BCUT2D eigenvalue weighted by Gasteiger charge is -2.23. The topological polar surface area (TPSA) is 33.2 Å². The van der Waals surface area contributed by atoms with Crippen molar-refractivity contribution in [1.29, 1.82) is 0 Å². The highest BCUT2D eigenvalue weighted by atomic mass is 79.9. The number of hydrogen-bond donors (Lipinski definition) is 0. The van der Waals surface area contributed by atoms with Crippen LogP contribution in [-0.2, 0) is 6.42 Å².